The van der Waals surface area contributed by atoms with Crippen LogP contribution < -0.4 is 10.6 Å². The zero-order valence-corrected chi connectivity index (χ0v) is 15.6. The smallest absolute Gasteiger partial charge is 0.357 e. The Morgan fingerprint density at radius 3 is 2.43 bits per heavy atom. The molecule has 3 nitrogen and oxygen atoms in total. The molecule has 1 unspecified atom stereocenters. The number of nitrogens with zero attached hydrogens (tertiary/aromatic N) is 1. The normalized spacial score (nSPS) is 13.3. The maximum Gasteiger partial charge on any atom is 0.416 e. The molecular weight excluding hydrogens is 425 g/mol. The molecule has 1 rings (SSSR count). The van der Waals surface area contributed by atoms with Crippen molar-refractivity contribution in [3.8, 4) is 0 Å². The fourth-order valence-electron chi connectivity index (χ4n) is 1.77. The van der Waals surface area contributed by atoms with Gasteiger partial charge in [-0.2, -0.15) is 13.2 Å². The molecule has 1 aromatic carbocycles. The first-order valence-electron chi connectivity index (χ1n) is 7.18. The SMILES string of the molecule is CCNC(=NCc1ccc(F)cc1C(F)(F)F)NC(C)CC.I. The van der Waals surface area contributed by atoms with Crippen LogP contribution in [-0.4, -0.2) is 18.5 Å². The van der Waals surface area contributed by atoms with Gasteiger partial charge in [0.25, 0.3) is 0 Å². The second-order valence-corrected chi connectivity index (χ2v) is 4.95. The quantitative estimate of drug-likeness (QED) is 0.306. The highest BCUT2D eigenvalue weighted by Crippen LogP contribution is 2.32. The van der Waals surface area contributed by atoms with E-state index in [-0.39, 0.29) is 42.1 Å². The Balaban J connectivity index is 0.00000484. The van der Waals surface area contributed by atoms with Gasteiger partial charge < -0.3 is 10.6 Å². The molecule has 0 fully saturated rings. The van der Waals surface area contributed by atoms with E-state index in [1.54, 1.807) is 0 Å². The molecule has 0 amide bonds. The molecule has 1 aromatic rings. The number of aliphatic imine (C=N–C) groups is 1. The van der Waals surface area contributed by atoms with Gasteiger partial charge in [0.05, 0.1) is 12.1 Å². The summed E-state index contributed by atoms with van der Waals surface area (Å²) >= 11 is 0. The summed E-state index contributed by atoms with van der Waals surface area (Å²) in [4.78, 5) is 4.15. The first-order valence-corrected chi connectivity index (χ1v) is 7.18. The van der Waals surface area contributed by atoms with Gasteiger partial charge >= 0.3 is 6.18 Å². The molecule has 0 spiro atoms. The molecule has 0 aromatic heterocycles. The molecule has 0 radical (unpaired) electrons. The van der Waals surface area contributed by atoms with Crippen LogP contribution in [0.2, 0.25) is 0 Å². The summed E-state index contributed by atoms with van der Waals surface area (Å²) in [5.41, 5.74) is -1.05. The zero-order valence-electron chi connectivity index (χ0n) is 13.3. The number of nitrogens with one attached hydrogen (secondary N) is 2. The predicted octanol–water partition coefficient (Wildman–Crippen LogP) is 4.32. The van der Waals surface area contributed by atoms with E-state index in [1.807, 2.05) is 20.8 Å². The minimum Gasteiger partial charge on any atom is -0.357 e. The number of rotatable bonds is 5. The molecule has 0 saturated carbocycles. The standard InChI is InChI=1S/C15H21F4N3.HI/c1-4-10(3)22-14(20-5-2)21-9-11-6-7-12(16)8-13(11)15(17,18)19;/h6-8,10H,4-5,9H2,1-3H3,(H2,20,21,22);1H. The topological polar surface area (TPSA) is 36.4 Å². The van der Waals surface area contributed by atoms with Crippen molar-refractivity contribution in [2.45, 2.75) is 46.0 Å². The van der Waals surface area contributed by atoms with Crippen LogP contribution in [0.5, 0.6) is 0 Å². The number of hydrogen-bond donors (Lipinski definition) is 2. The zero-order chi connectivity index (χ0) is 16.8. The van der Waals surface area contributed by atoms with Crippen LogP contribution in [0.25, 0.3) is 0 Å². The summed E-state index contributed by atoms with van der Waals surface area (Å²) < 4.78 is 51.8. The Bertz CT molecular complexity index is 518. The van der Waals surface area contributed by atoms with E-state index in [9.17, 15) is 17.6 Å². The highest BCUT2D eigenvalue weighted by molar-refractivity contribution is 14.0. The van der Waals surface area contributed by atoms with Gasteiger partial charge in [-0.25, -0.2) is 9.38 Å². The van der Waals surface area contributed by atoms with Gasteiger partial charge in [0, 0.05) is 12.6 Å². The van der Waals surface area contributed by atoms with Crippen molar-refractivity contribution in [1.29, 1.82) is 0 Å². The molecule has 0 saturated heterocycles. The molecule has 0 aliphatic carbocycles. The van der Waals surface area contributed by atoms with E-state index in [2.05, 4.69) is 15.6 Å². The van der Waals surface area contributed by atoms with E-state index in [4.69, 9.17) is 0 Å². The minimum absolute atomic E-state index is 0. The highest BCUT2D eigenvalue weighted by atomic mass is 127. The number of halogens is 5. The third-order valence-corrected chi connectivity index (χ3v) is 3.12. The summed E-state index contributed by atoms with van der Waals surface area (Å²) in [6.07, 6.45) is -3.75. The molecule has 0 heterocycles. The van der Waals surface area contributed by atoms with Crippen molar-refractivity contribution in [2.24, 2.45) is 4.99 Å². The average Bonchev–Trinajstić information content (AvgIpc) is 2.44. The predicted molar refractivity (Wildman–Crippen MR) is 94.5 cm³/mol. The summed E-state index contributed by atoms with van der Waals surface area (Å²) in [6.45, 7) is 6.22. The Kier molecular flexibility index (Phi) is 9.48. The van der Waals surface area contributed by atoms with Gasteiger partial charge in [-0.05, 0) is 38.0 Å². The molecule has 23 heavy (non-hydrogen) atoms. The number of alkyl halides is 3. The first-order chi connectivity index (χ1) is 10.3. The Labute approximate surface area is 151 Å². The second kappa shape index (κ2) is 9.94. The van der Waals surface area contributed by atoms with E-state index >= 15 is 0 Å². The van der Waals surface area contributed by atoms with Crippen LogP contribution in [0.15, 0.2) is 23.2 Å². The van der Waals surface area contributed by atoms with Crippen molar-refractivity contribution in [2.75, 3.05) is 6.54 Å². The summed E-state index contributed by atoms with van der Waals surface area (Å²) in [7, 11) is 0. The van der Waals surface area contributed by atoms with Gasteiger partial charge in [-0.1, -0.05) is 13.0 Å². The maximum absolute atomic E-state index is 13.1. The lowest BCUT2D eigenvalue weighted by molar-refractivity contribution is -0.138. The molecule has 2 N–H and O–H groups in total. The van der Waals surface area contributed by atoms with Crippen molar-refractivity contribution in [3.63, 3.8) is 0 Å². The van der Waals surface area contributed by atoms with Crippen LogP contribution in [0.4, 0.5) is 17.6 Å². The van der Waals surface area contributed by atoms with Gasteiger partial charge in [0.2, 0.25) is 0 Å². The Morgan fingerprint density at radius 2 is 1.91 bits per heavy atom. The molecule has 132 valence electrons. The van der Waals surface area contributed by atoms with E-state index in [0.717, 1.165) is 18.6 Å². The van der Waals surface area contributed by atoms with E-state index in [1.165, 1.54) is 0 Å². The van der Waals surface area contributed by atoms with E-state index < -0.39 is 17.6 Å². The summed E-state index contributed by atoms with van der Waals surface area (Å²) in [6, 6.07) is 2.77. The second-order valence-electron chi connectivity index (χ2n) is 4.95. The first kappa shape index (κ1) is 21.9. The summed E-state index contributed by atoms with van der Waals surface area (Å²) in [5.74, 6) is -0.473. The minimum atomic E-state index is -4.60. The van der Waals surface area contributed by atoms with Crippen molar-refractivity contribution in [3.05, 3.63) is 35.1 Å². The molecular formula is C15H22F4IN3. The van der Waals surface area contributed by atoms with Crippen LogP contribution in [0.1, 0.15) is 38.3 Å². The Hall–Kier alpha value is -1.06. The van der Waals surface area contributed by atoms with Gasteiger partial charge in [0.15, 0.2) is 5.96 Å². The summed E-state index contributed by atoms with van der Waals surface area (Å²) in [5, 5.41) is 6.06. The lowest BCUT2D eigenvalue weighted by atomic mass is 10.1. The number of benzene rings is 1. The van der Waals surface area contributed by atoms with Crippen molar-refractivity contribution < 1.29 is 17.6 Å². The van der Waals surface area contributed by atoms with E-state index in [0.29, 0.717) is 18.6 Å². The average molecular weight is 447 g/mol. The van der Waals surface area contributed by atoms with Crippen molar-refractivity contribution in [1.82, 2.24) is 10.6 Å². The third-order valence-electron chi connectivity index (χ3n) is 3.12. The fraction of sp³-hybridized carbons (Fsp3) is 0.533. The Morgan fingerprint density at radius 1 is 1.26 bits per heavy atom. The van der Waals surface area contributed by atoms with Gasteiger partial charge in [-0.15, -0.1) is 24.0 Å². The maximum atomic E-state index is 13.1. The van der Waals surface area contributed by atoms with Crippen LogP contribution >= 0.6 is 24.0 Å². The fourth-order valence-corrected chi connectivity index (χ4v) is 1.77. The number of guanidine groups is 1. The molecule has 0 aliphatic rings. The van der Waals surface area contributed by atoms with Gasteiger partial charge in [-0.3, -0.25) is 0 Å². The lowest BCUT2D eigenvalue weighted by Crippen LogP contribution is -2.42. The number of hydrogen-bond acceptors (Lipinski definition) is 1. The molecule has 0 bridgehead atoms. The van der Waals surface area contributed by atoms with Crippen LogP contribution in [0, 0.1) is 5.82 Å². The highest BCUT2D eigenvalue weighted by Gasteiger charge is 2.33. The third kappa shape index (κ3) is 7.36. The molecule has 1 atom stereocenters. The van der Waals surface area contributed by atoms with Crippen molar-refractivity contribution >= 4 is 29.9 Å². The molecule has 8 heteroatoms. The molecule has 0 aliphatic heterocycles. The lowest BCUT2D eigenvalue weighted by Gasteiger charge is -2.17. The van der Waals surface area contributed by atoms with Gasteiger partial charge in [0.1, 0.15) is 5.82 Å². The monoisotopic (exact) mass is 447 g/mol. The van der Waals surface area contributed by atoms with Crippen LogP contribution in [-0.2, 0) is 12.7 Å². The largest absolute Gasteiger partial charge is 0.416 e. The van der Waals surface area contributed by atoms with Crippen LogP contribution in [0.3, 0.4) is 0 Å².